The molecule has 14 nitrogen and oxygen atoms in total. The van der Waals surface area contributed by atoms with Gasteiger partial charge in [0.25, 0.3) is 5.91 Å². The van der Waals surface area contributed by atoms with Gasteiger partial charge >= 0.3 is 5.97 Å². The first kappa shape index (κ1) is 46.0. The zero-order valence-corrected chi connectivity index (χ0v) is 38.0. The highest BCUT2D eigenvalue weighted by atomic mass is 28.4. The monoisotopic (exact) mass is 884 g/mol. The highest BCUT2D eigenvalue weighted by molar-refractivity contribution is 6.72. The van der Waals surface area contributed by atoms with Crippen LogP contribution in [-0.2, 0) is 42.4 Å². The normalized spacial score (nSPS) is 22.4. The summed E-state index contributed by atoms with van der Waals surface area (Å²) in [5, 5.41) is 31.8. The number of methoxy groups -OCH3 is 1. The topological polar surface area (TPSA) is 169 Å². The summed E-state index contributed by atoms with van der Waals surface area (Å²) in [4.78, 5) is 45.2. The standard InChI is InChI=1S/C47H61FN6O8Si/c1-6-61-35-18-20-40-33(26-35)27-38(49-22-11-13-25-55)45(58)54(40)34-17-19-41-37(28-34)47(46(59)53(41)23-12-10-16-43(57)60-3)31(2)44(63(4,5)48)42(62-47)21-24-52-29-39(50-51-52)36(30-56)32-14-8-7-9-15-32/h7-9,14-15,17-20,26,28-29,31,36,38,42,44,49,55-56H,6,10-13,16,21-25,27,30H2,1-5H3/t31-,36?,38?,42+,44-,47+/m0/s1. The molecule has 3 aliphatic rings. The molecule has 3 aliphatic heterocycles. The van der Waals surface area contributed by atoms with E-state index in [2.05, 4.69) is 15.6 Å². The SMILES string of the molecule is CCOc1ccc2c(c1)CC(NCCCCO)C(=O)N2c1ccc2c(c1)[C@@]1(O[C@H](CCn3cc(C(CO)c4ccccc4)nn3)[C@@H]([Si](C)(C)F)[C@@H]1C)C(=O)N2CCCCC(=O)OC. The molecule has 0 saturated carbocycles. The second kappa shape index (κ2) is 19.8. The molecular formula is C47H61FN6O8Si. The molecule has 4 aromatic rings. The fraction of sp³-hybridized carbons (Fsp3) is 0.511. The summed E-state index contributed by atoms with van der Waals surface area (Å²) >= 11 is 0. The lowest BCUT2D eigenvalue weighted by Crippen LogP contribution is -2.49. The molecule has 3 N–H and O–H groups in total. The fourth-order valence-electron chi connectivity index (χ4n) is 9.93. The maximum Gasteiger partial charge on any atom is 0.305 e. The minimum Gasteiger partial charge on any atom is -0.494 e. The van der Waals surface area contributed by atoms with Gasteiger partial charge < -0.3 is 38.7 Å². The Bertz CT molecular complexity index is 2240. The highest BCUT2D eigenvalue weighted by Crippen LogP contribution is 2.61. The molecule has 0 bridgehead atoms. The second-order valence-electron chi connectivity index (χ2n) is 17.3. The van der Waals surface area contributed by atoms with Crippen LogP contribution in [0.15, 0.2) is 72.9 Å². The van der Waals surface area contributed by atoms with Crippen LogP contribution in [0, 0.1) is 5.92 Å². The summed E-state index contributed by atoms with van der Waals surface area (Å²) in [6.07, 6.45) is 4.46. The molecule has 16 heteroatoms. The van der Waals surface area contributed by atoms with E-state index >= 15 is 8.90 Å². The number of benzene rings is 3. The van der Waals surface area contributed by atoms with Crippen molar-refractivity contribution in [1.82, 2.24) is 20.3 Å². The number of rotatable bonds is 20. The first-order chi connectivity index (χ1) is 30.4. The number of unbranched alkanes of at least 4 members (excludes halogenated alkanes) is 2. The Morgan fingerprint density at radius 3 is 2.52 bits per heavy atom. The van der Waals surface area contributed by atoms with Crippen LogP contribution in [0.25, 0.3) is 0 Å². The minimum absolute atomic E-state index is 0.0658. The lowest BCUT2D eigenvalue weighted by molar-refractivity contribution is -0.146. The first-order valence-electron chi connectivity index (χ1n) is 22.3. The van der Waals surface area contributed by atoms with E-state index in [1.807, 2.05) is 80.6 Å². The average Bonchev–Trinajstić information content (AvgIpc) is 3.93. The number of carbonyl (C=O) groups is 3. The van der Waals surface area contributed by atoms with E-state index < -0.39 is 37.6 Å². The molecule has 1 spiro atoms. The Balaban J connectivity index is 1.26. The van der Waals surface area contributed by atoms with Crippen LogP contribution < -0.4 is 19.9 Å². The number of hydrogen-bond donors (Lipinski definition) is 3. The van der Waals surface area contributed by atoms with Gasteiger partial charge in [-0.1, -0.05) is 42.5 Å². The fourth-order valence-corrected chi connectivity index (χ4v) is 12.5. The molecule has 1 fully saturated rings. The van der Waals surface area contributed by atoms with E-state index in [0.717, 1.165) is 11.1 Å². The van der Waals surface area contributed by atoms with Crippen LogP contribution >= 0.6 is 0 Å². The smallest absolute Gasteiger partial charge is 0.305 e. The van der Waals surface area contributed by atoms with Gasteiger partial charge in [0, 0.05) is 55.0 Å². The van der Waals surface area contributed by atoms with Crippen molar-refractivity contribution in [3.05, 3.63) is 95.3 Å². The molecule has 0 radical (unpaired) electrons. The summed E-state index contributed by atoms with van der Waals surface area (Å²) < 4.78 is 36.4. The summed E-state index contributed by atoms with van der Waals surface area (Å²) in [5.74, 6) is -1.04. The van der Waals surface area contributed by atoms with E-state index in [9.17, 15) is 19.8 Å². The van der Waals surface area contributed by atoms with Crippen LogP contribution in [0.3, 0.4) is 0 Å². The molecule has 7 rings (SSSR count). The number of halogens is 1. The third-order valence-corrected chi connectivity index (χ3v) is 15.4. The number of hydrogen-bond acceptors (Lipinski definition) is 11. The van der Waals surface area contributed by atoms with Gasteiger partial charge in [-0.15, -0.1) is 5.10 Å². The van der Waals surface area contributed by atoms with Gasteiger partial charge in [-0.25, -0.2) is 0 Å². The molecular weight excluding hydrogens is 824 g/mol. The van der Waals surface area contributed by atoms with Crippen molar-refractivity contribution in [2.24, 2.45) is 5.92 Å². The Morgan fingerprint density at radius 1 is 1.03 bits per heavy atom. The maximum absolute atomic E-state index is 16.9. The van der Waals surface area contributed by atoms with Crippen LogP contribution in [0.1, 0.15) is 80.7 Å². The van der Waals surface area contributed by atoms with Gasteiger partial charge in [-0.3, -0.25) is 24.0 Å². The lowest BCUT2D eigenvalue weighted by atomic mass is 9.82. The average molecular weight is 885 g/mol. The molecule has 338 valence electrons. The zero-order chi connectivity index (χ0) is 44.9. The molecule has 2 amide bonds. The van der Waals surface area contributed by atoms with Gasteiger partial charge in [0.2, 0.25) is 14.3 Å². The van der Waals surface area contributed by atoms with E-state index in [4.69, 9.17) is 14.2 Å². The van der Waals surface area contributed by atoms with E-state index in [1.165, 1.54) is 7.11 Å². The van der Waals surface area contributed by atoms with Crippen molar-refractivity contribution in [3.63, 3.8) is 0 Å². The van der Waals surface area contributed by atoms with Crippen molar-refractivity contribution < 1.29 is 42.9 Å². The molecule has 4 heterocycles. The number of aliphatic hydroxyl groups is 2. The molecule has 1 saturated heterocycles. The predicted octanol–water partition coefficient (Wildman–Crippen LogP) is 6.31. The van der Waals surface area contributed by atoms with Gasteiger partial charge in [0.15, 0.2) is 5.60 Å². The summed E-state index contributed by atoms with van der Waals surface area (Å²) in [5.41, 5.74) is 2.73. The number of aliphatic hydroxyl groups excluding tert-OH is 2. The number of nitrogens with zero attached hydrogens (tertiary/aromatic N) is 5. The molecule has 0 aliphatic carbocycles. The largest absolute Gasteiger partial charge is 0.494 e. The number of anilines is 3. The van der Waals surface area contributed by atoms with Gasteiger partial charge in [-0.2, -0.15) is 0 Å². The number of aryl methyl sites for hydroxylation is 1. The number of esters is 1. The molecule has 2 unspecified atom stereocenters. The molecule has 3 aromatic carbocycles. The number of amides is 2. The number of fused-ring (bicyclic) bond motifs is 3. The predicted molar refractivity (Wildman–Crippen MR) is 239 cm³/mol. The number of ether oxygens (including phenoxy) is 3. The lowest BCUT2D eigenvalue weighted by Gasteiger charge is -2.36. The highest BCUT2D eigenvalue weighted by Gasteiger charge is 2.66. The second-order valence-corrected chi connectivity index (χ2v) is 21.1. The van der Waals surface area contributed by atoms with Crippen molar-refractivity contribution in [1.29, 1.82) is 0 Å². The Labute approximate surface area is 369 Å². The third-order valence-electron chi connectivity index (χ3n) is 12.9. The van der Waals surface area contributed by atoms with Crippen molar-refractivity contribution in [2.45, 2.75) is 108 Å². The van der Waals surface area contributed by atoms with Crippen LogP contribution in [0.4, 0.5) is 21.2 Å². The first-order valence-corrected chi connectivity index (χ1v) is 25.2. The third kappa shape index (κ3) is 9.32. The van der Waals surface area contributed by atoms with Crippen molar-refractivity contribution in [3.8, 4) is 5.75 Å². The summed E-state index contributed by atoms with van der Waals surface area (Å²) in [6, 6.07) is 20.3. The van der Waals surface area contributed by atoms with Crippen LogP contribution in [0.5, 0.6) is 5.75 Å². The van der Waals surface area contributed by atoms with E-state index in [-0.39, 0.29) is 43.3 Å². The van der Waals surface area contributed by atoms with Crippen LogP contribution in [-0.4, -0.2) is 104 Å². The summed E-state index contributed by atoms with van der Waals surface area (Å²) in [7, 11) is -2.19. The number of aromatic nitrogens is 3. The number of carbonyl (C=O) groups excluding carboxylic acids is 3. The Kier molecular flexibility index (Phi) is 14.5. The van der Waals surface area contributed by atoms with Crippen molar-refractivity contribution >= 4 is 43.3 Å². The maximum atomic E-state index is 16.9. The van der Waals surface area contributed by atoms with Crippen LogP contribution in [0.2, 0.25) is 18.6 Å². The Morgan fingerprint density at radius 2 is 1.81 bits per heavy atom. The van der Waals surface area contributed by atoms with Gasteiger partial charge in [0.1, 0.15) is 5.75 Å². The minimum atomic E-state index is -3.54. The van der Waals surface area contributed by atoms with E-state index in [1.54, 1.807) is 33.8 Å². The van der Waals surface area contributed by atoms with Crippen molar-refractivity contribution in [2.75, 3.05) is 49.8 Å². The van der Waals surface area contributed by atoms with Gasteiger partial charge in [-0.05, 0) is 113 Å². The zero-order valence-electron chi connectivity index (χ0n) is 37.0. The van der Waals surface area contributed by atoms with E-state index in [0.29, 0.717) is 98.8 Å². The molecule has 63 heavy (non-hydrogen) atoms. The molecule has 1 aromatic heterocycles. The summed E-state index contributed by atoms with van der Waals surface area (Å²) in [6.45, 7) is 8.74. The van der Waals surface area contributed by atoms with Gasteiger partial charge in [0.05, 0.1) is 55.5 Å². The Hall–Kier alpha value is -5.00. The molecule has 6 atom stereocenters. The number of nitrogens with one attached hydrogen (secondary N) is 1. The quantitative estimate of drug-likeness (QED) is 0.0394.